The Morgan fingerprint density at radius 3 is 2.80 bits per heavy atom. The summed E-state index contributed by atoms with van der Waals surface area (Å²) in [6, 6.07) is 5.41. The normalized spacial score (nSPS) is 13.2. The predicted molar refractivity (Wildman–Crippen MR) is 78.3 cm³/mol. The Hall–Kier alpha value is -1.79. The zero-order valence-corrected chi connectivity index (χ0v) is 12.2. The first-order chi connectivity index (χ1) is 9.62. The Kier molecular flexibility index (Phi) is 6.83. The molecule has 6 nitrogen and oxygen atoms in total. The van der Waals surface area contributed by atoms with Gasteiger partial charge in [-0.2, -0.15) is 0 Å². The van der Waals surface area contributed by atoms with Gasteiger partial charge in [0.25, 0.3) is 0 Å². The summed E-state index contributed by atoms with van der Waals surface area (Å²) in [5.41, 5.74) is 7.21. The highest BCUT2D eigenvalue weighted by Crippen LogP contribution is 2.19. The van der Waals surface area contributed by atoms with Gasteiger partial charge >= 0.3 is 0 Å². The largest absolute Gasteiger partial charge is 0.496 e. The number of methoxy groups -OCH3 is 2. The first-order valence-electron chi connectivity index (χ1n) is 6.46. The highest BCUT2D eigenvalue weighted by Gasteiger charge is 2.08. The standard InChI is InChI=1S/C14H23N3O3/c1-10(9-19-2)7-16-8-12-6-11(14(15)17-18)4-5-13(12)20-3/h4-6,10,16,18H,7-9H2,1-3H3,(H2,15,17). The summed E-state index contributed by atoms with van der Waals surface area (Å²) >= 11 is 0. The lowest BCUT2D eigenvalue weighted by atomic mass is 10.1. The van der Waals surface area contributed by atoms with E-state index in [0.717, 1.165) is 17.9 Å². The summed E-state index contributed by atoms with van der Waals surface area (Å²) in [4.78, 5) is 0. The third-order valence-corrected chi connectivity index (χ3v) is 2.94. The Morgan fingerprint density at radius 2 is 2.20 bits per heavy atom. The molecule has 0 spiro atoms. The molecule has 0 aliphatic heterocycles. The van der Waals surface area contributed by atoms with Gasteiger partial charge in [-0.3, -0.25) is 0 Å². The van der Waals surface area contributed by atoms with E-state index in [2.05, 4.69) is 17.4 Å². The van der Waals surface area contributed by atoms with Crippen LogP contribution in [0.15, 0.2) is 23.4 Å². The second kappa shape index (κ2) is 8.39. The smallest absolute Gasteiger partial charge is 0.170 e. The van der Waals surface area contributed by atoms with Crippen LogP contribution >= 0.6 is 0 Å². The van der Waals surface area contributed by atoms with E-state index in [0.29, 0.717) is 24.6 Å². The van der Waals surface area contributed by atoms with Gasteiger partial charge in [-0.15, -0.1) is 0 Å². The summed E-state index contributed by atoms with van der Waals surface area (Å²) in [5, 5.41) is 15.1. The van der Waals surface area contributed by atoms with E-state index in [1.165, 1.54) is 0 Å². The zero-order valence-electron chi connectivity index (χ0n) is 12.2. The quantitative estimate of drug-likeness (QED) is 0.288. The topological polar surface area (TPSA) is 89.1 Å². The van der Waals surface area contributed by atoms with E-state index < -0.39 is 0 Å². The first-order valence-corrected chi connectivity index (χ1v) is 6.46. The molecule has 0 aliphatic carbocycles. The molecule has 0 radical (unpaired) electrons. The molecule has 1 atom stereocenters. The van der Waals surface area contributed by atoms with Crippen molar-refractivity contribution in [3.8, 4) is 5.75 Å². The third kappa shape index (κ3) is 4.71. The molecule has 20 heavy (non-hydrogen) atoms. The fourth-order valence-corrected chi connectivity index (χ4v) is 1.93. The molecular formula is C14H23N3O3. The average molecular weight is 281 g/mol. The number of hydrogen-bond donors (Lipinski definition) is 3. The van der Waals surface area contributed by atoms with Crippen molar-refractivity contribution in [3.63, 3.8) is 0 Å². The van der Waals surface area contributed by atoms with Crippen molar-refractivity contribution in [2.75, 3.05) is 27.4 Å². The van der Waals surface area contributed by atoms with Crippen LogP contribution in [-0.4, -0.2) is 38.4 Å². The lowest BCUT2D eigenvalue weighted by Crippen LogP contribution is -2.24. The minimum Gasteiger partial charge on any atom is -0.496 e. The number of nitrogens with two attached hydrogens (primary N) is 1. The van der Waals surface area contributed by atoms with Crippen molar-refractivity contribution in [2.24, 2.45) is 16.8 Å². The summed E-state index contributed by atoms with van der Waals surface area (Å²) in [6.07, 6.45) is 0. The lowest BCUT2D eigenvalue weighted by Gasteiger charge is -2.14. The minimum absolute atomic E-state index is 0.0849. The molecule has 0 aromatic heterocycles. The van der Waals surface area contributed by atoms with Crippen molar-refractivity contribution >= 4 is 5.84 Å². The van der Waals surface area contributed by atoms with Gasteiger partial charge in [-0.05, 0) is 24.1 Å². The summed E-state index contributed by atoms with van der Waals surface area (Å²) in [7, 11) is 3.32. The second-order valence-corrected chi connectivity index (χ2v) is 4.70. The van der Waals surface area contributed by atoms with Crippen LogP contribution in [-0.2, 0) is 11.3 Å². The fourth-order valence-electron chi connectivity index (χ4n) is 1.93. The number of benzene rings is 1. The molecule has 0 saturated carbocycles. The number of oxime groups is 1. The van der Waals surface area contributed by atoms with Gasteiger partial charge in [0.05, 0.1) is 7.11 Å². The average Bonchev–Trinajstić information content (AvgIpc) is 2.46. The van der Waals surface area contributed by atoms with Gasteiger partial charge in [0.1, 0.15) is 5.75 Å². The Labute approximate surface area is 119 Å². The Bertz CT molecular complexity index is 449. The molecular weight excluding hydrogens is 258 g/mol. The maximum absolute atomic E-state index is 8.72. The van der Waals surface area contributed by atoms with E-state index >= 15 is 0 Å². The molecule has 0 aliphatic rings. The monoisotopic (exact) mass is 281 g/mol. The summed E-state index contributed by atoms with van der Waals surface area (Å²) < 4.78 is 10.4. The van der Waals surface area contributed by atoms with Gasteiger partial charge in [0.2, 0.25) is 0 Å². The Balaban J connectivity index is 2.71. The number of rotatable bonds is 8. The maximum Gasteiger partial charge on any atom is 0.170 e. The van der Waals surface area contributed by atoms with E-state index in [1.807, 2.05) is 12.1 Å². The molecule has 0 heterocycles. The summed E-state index contributed by atoms with van der Waals surface area (Å²) in [5.74, 6) is 1.28. The molecule has 1 aromatic rings. The van der Waals surface area contributed by atoms with Gasteiger partial charge in [0.15, 0.2) is 5.84 Å². The Morgan fingerprint density at radius 1 is 1.45 bits per heavy atom. The second-order valence-electron chi connectivity index (χ2n) is 4.70. The van der Waals surface area contributed by atoms with E-state index in [-0.39, 0.29) is 5.84 Å². The van der Waals surface area contributed by atoms with Crippen molar-refractivity contribution in [1.29, 1.82) is 0 Å². The molecule has 1 unspecified atom stereocenters. The number of hydrogen-bond acceptors (Lipinski definition) is 5. The van der Waals surface area contributed by atoms with Crippen molar-refractivity contribution in [3.05, 3.63) is 29.3 Å². The van der Waals surface area contributed by atoms with Crippen LogP contribution in [0.4, 0.5) is 0 Å². The van der Waals surface area contributed by atoms with E-state index in [4.69, 9.17) is 20.4 Å². The predicted octanol–water partition coefficient (Wildman–Crippen LogP) is 1.16. The molecule has 4 N–H and O–H groups in total. The molecule has 112 valence electrons. The fraction of sp³-hybridized carbons (Fsp3) is 0.500. The number of amidine groups is 1. The van der Waals surface area contributed by atoms with Crippen molar-refractivity contribution in [2.45, 2.75) is 13.5 Å². The molecule has 0 bridgehead atoms. The van der Waals surface area contributed by atoms with E-state index in [9.17, 15) is 0 Å². The number of nitrogens with one attached hydrogen (secondary N) is 1. The van der Waals surface area contributed by atoms with Crippen molar-refractivity contribution in [1.82, 2.24) is 5.32 Å². The highest BCUT2D eigenvalue weighted by molar-refractivity contribution is 5.97. The van der Waals surface area contributed by atoms with Gasteiger partial charge in [-0.25, -0.2) is 0 Å². The van der Waals surface area contributed by atoms with Crippen LogP contribution in [0.1, 0.15) is 18.1 Å². The minimum atomic E-state index is 0.0849. The SMILES string of the molecule is COCC(C)CNCc1cc(/C(N)=N/O)ccc1OC. The van der Waals surface area contributed by atoms with Crippen LogP contribution in [0.25, 0.3) is 0 Å². The molecule has 1 aromatic carbocycles. The maximum atomic E-state index is 8.72. The molecule has 0 fully saturated rings. The lowest BCUT2D eigenvalue weighted by molar-refractivity contribution is 0.158. The molecule has 1 rings (SSSR count). The van der Waals surface area contributed by atoms with Crippen LogP contribution in [0.5, 0.6) is 5.75 Å². The van der Waals surface area contributed by atoms with Crippen LogP contribution < -0.4 is 15.8 Å². The number of ether oxygens (including phenoxy) is 2. The van der Waals surface area contributed by atoms with Crippen LogP contribution in [0.3, 0.4) is 0 Å². The van der Waals surface area contributed by atoms with Gasteiger partial charge < -0.3 is 25.7 Å². The molecule has 0 amide bonds. The number of nitrogens with zero attached hydrogens (tertiary/aromatic N) is 1. The summed E-state index contributed by atoms with van der Waals surface area (Å²) in [6.45, 7) is 4.31. The van der Waals surface area contributed by atoms with E-state index in [1.54, 1.807) is 20.3 Å². The van der Waals surface area contributed by atoms with Crippen molar-refractivity contribution < 1.29 is 14.7 Å². The molecule has 0 saturated heterocycles. The van der Waals surface area contributed by atoms with Crippen LogP contribution in [0.2, 0.25) is 0 Å². The van der Waals surface area contributed by atoms with Gasteiger partial charge in [0, 0.05) is 37.9 Å². The third-order valence-electron chi connectivity index (χ3n) is 2.94. The molecule has 6 heteroatoms. The van der Waals surface area contributed by atoms with Gasteiger partial charge in [-0.1, -0.05) is 12.1 Å². The first kappa shape index (κ1) is 16.3. The van der Waals surface area contributed by atoms with Crippen LogP contribution in [0, 0.1) is 5.92 Å². The zero-order chi connectivity index (χ0) is 15.0. The highest BCUT2D eigenvalue weighted by atomic mass is 16.5.